The van der Waals surface area contributed by atoms with Gasteiger partial charge < -0.3 is 0 Å². The van der Waals surface area contributed by atoms with Gasteiger partial charge in [0.25, 0.3) is 0 Å². The molecule has 0 aliphatic carbocycles. The van der Waals surface area contributed by atoms with E-state index in [-0.39, 0.29) is 0 Å². The van der Waals surface area contributed by atoms with Gasteiger partial charge in [-0.15, -0.1) is 0 Å². The number of hydrogen-bond donors (Lipinski definition) is 0. The van der Waals surface area contributed by atoms with Crippen LogP contribution in [0.4, 0.5) is 0 Å². The number of allylic oxidation sites excluding steroid dienone is 1. The van der Waals surface area contributed by atoms with E-state index < -0.39 is 0 Å². The normalized spacial score (nSPS) is 16.2. The van der Waals surface area contributed by atoms with Crippen molar-refractivity contribution in [3.05, 3.63) is 12.2 Å². The summed E-state index contributed by atoms with van der Waals surface area (Å²) in [5, 5.41) is 0. The zero-order valence-corrected chi connectivity index (χ0v) is 9.35. The highest BCUT2D eigenvalue weighted by atomic mass is 14.2. The Morgan fingerprint density at radius 1 is 1.25 bits per heavy atom. The molecule has 0 amide bonds. The van der Waals surface area contributed by atoms with Crippen molar-refractivity contribution in [1.29, 1.82) is 0 Å². The molecule has 0 saturated carbocycles. The molecule has 0 N–H and O–H groups in total. The summed E-state index contributed by atoms with van der Waals surface area (Å²) in [4.78, 5) is 0. The van der Waals surface area contributed by atoms with Gasteiger partial charge in [-0.05, 0) is 37.5 Å². The van der Waals surface area contributed by atoms with E-state index in [1.54, 1.807) is 0 Å². The maximum atomic E-state index is 4.05. The van der Waals surface area contributed by atoms with Gasteiger partial charge in [-0.25, -0.2) is 0 Å². The van der Waals surface area contributed by atoms with Crippen molar-refractivity contribution in [2.45, 2.75) is 47.5 Å². The average Bonchev–Trinajstić information content (AvgIpc) is 1.85. The Hall–Kier alpha value is -0.260. The van der Waals surface area contributed by atoms with Gasteiger partial charge in [-0.1, -0.05) is 39.8 Å². The zero-order chi connectivity index (χ0) is 9.72. The van der Waals surface area contributed by atoms with E-state index >= 15 is 0 Å². The highest BCUT2D eigenvalue weighted by molar-refractivity contribution is 4.97. The van der Waals surface area contributed by atoms with Crippen LogP contribution in [0.5, 0.6) is 0 Å². The summed E-state index contributed by atoms with van der Waals surface area (Å²) in [6.45, 7) is 15.4. The standard InChI is InChI=1S/C12H24/c1-7-12(10(4)5)11(6)8-9(2)3/h9,11-12H,4,7-8H2,1-3,5-6H3. The summed E-state index contributed by atoms with van der Waals surface area (Å²) in [5.41, 5.74) is 1.35. The van der Waals surface area contributed by atoms with Gasteiger partial charge in [-0.2, -0.15) is 0 Å². The molecule has 0 spiro atoms. The van der Waals surface area contributed by atoms with Crippen LogP contribution in [0.1, 0.15) is 47.5 Å². The molecule has 72 valence electrons. The van der Waals surface area contributed by atoms with Gasteiger partial charge in [-0.3, -0.25) is 0 Å². The largest absolute Gasteiger partial charge is 0.0999 e. The molecule has 0 nitrogen and oxygen atoms in total. The van der Waals surface area contributed by atoms with Gasteiger partial charge >= 0.3 is 0 Å². The Morgan fingerprint density at radius 2 is 1.75 bits per heavy atom. The van der Waals surface area contributed by atoms with E-state index in [0.717, 1.165) is 17.8 Å². The number of rotatable bonds is 5. The van der Waals surface area contributed by atoms with Crippen molar-refractivity contribution in [3.63, 3.8) is 0 Å². The third-order valence-corrected chi connectivity index (χ3v) is 2.60. The molecule has 0 aliphatic heterocycles. The predicted octanol–water partition coefficient (Wildman–Crippen LogP) is 4.27. The van der Waals surface area contributed by atoms with Crippen LogP contribution in [0, 0.1) is 17.8 Å². The summed E-state index contributed by atoms with van der Waals surface area (Å²) in [6.07, 6.45) is 2.56. The van der Waals surface area contributed by atoms with Crippen LogP contribution >= 0.6 is 0 Å². The van der Waals surface area contributed by atoms with E-state index in [1.807, 2.05) is 0 Å². The monoisotopic (exact) mass is 168 g/mol. The molecule has 0 bridgehead atoms. The fraction of sp³-hybridized carbons (Fsp3) is 0.833. The van der Waals surface area contributed by atoms with E-state index in [0.29, 0.717) is 0 Å². The highest BCUT2D eigenvalue weighted by Gasteiger charge is 2.16. The third-order valence-electron chi connectivity index (χ3n) is 2.60. The molecule has 0 aliphatic rings. The van der Waals surface area contributed by atoms with Gasteiger partial charge in [0.1, 0.15) is 0 Å². The van der Waals surface area contributed by atoms with E-state index in [4.69, 9.17) is 0 Å². The van der Waals surface area contributed by atoms with E-state index in [1.165, 1.54) is 18.4 Å². The Labute approximate surface area is 78.1 Å². The maximum absolute atomic E-state index is 4.05. The van der Waals surface area contributed by atoms with Gasteiger partial charge in [0, 0.05) is 0 Å². The first-order valence-corrected chi connectivity index (χ1v) is 5.14. The molecule has 0 aromatic heterocycles. The lowest BCUT2D eigenvalue weighted by Crippen LogP contribution is -2.13. The fourth-order valence-electron chi connectivity index (χ4n) is 2.14. The minimum atomic E-state index is 0.729. The van der Waals surface area contributed by atoms with Crippen molar-refractivity contribution >= 4 is 0 Å². The van der Waals surface area contributed by atoms with Crippen molar-refractivity contribution in [2.24, 2.45) is 17.8 Å². The molecule has 2 atom stereocenters. The van der Waals surface area contributed by atoms with E-state index in [2.05, 4.69) is 41.2 Å². The van der Waals surface area contributed by atoms with Crippen LogP contribution < -0.4 is 0 Å². The molecule has 2 unspecified atom stereocenters. The van der Waals surface area contributed by atoms with E-state index in [9.17, 15) is 0 Å². The summed E-state index contributed by atoms with van der Waals surface area (Å²) in [6, 6.07) is 0. The van der Waals surface area contributed by atoms with Gasteiger partial charge in [0.15, 0.2) is 0 Å². The van der Waals surface area contributed by atoms with Crippen LogP contribution in [0.25, 0.3) is 0 Å². The molecule has 0 fully saturated rings. The third kappa shape index (κ3) is 3.94. The molecule has 0 aromatic carbocycles. The van der Waals surface area contributed by atoms with Crippen molar-refractivity contribution in [3.8, 4) is 0 Å². The first kappa shape index (κ1) is 11.7. The Kier molecular flexibility index (Phi) is 5.28. The summed E-state index contributed by atoms with van der Waals surface area (Å²) >= 11 is 0. The second-order valence-corrected chi connectivity index (χ2v) is 4.47. The topological polar surface area (TPSA) is 0 Å². The molecule has 0 heterocycles. The number of hydrogen-bond acceptors (Lipinski definition) is 0. The molecular weight excluding hydrogens is 144 g/mol. The minimum absolute atomic E-state index is 0.729. The molecule has 0 radical (unpaired) electrons. The zero-order valence-electron chi connectivity index (χ0n) is 9.35. The molecule has 0 aromatic rings. The summed E-state index contributed by atoms with van der Waals surface area (Å²) in [5.74, 6) is 2.34. The van der Waals surface area contributed by atoms with Crippen molar-refractivity contribution in [2.75, 3.05) is 0 Å². The van der Waals surface area contributed by atoms with Gasteiger partial charge in [0.05, 0.1) is 0 Å². The van der Waals surface area contributed by atoms with Crippen LogP contribution in [0.3, 0.4) is 0 Å². The minimum Gasteiger partial charge on any atom is -0.0999 e. The Balaban J connectivity index is 4.02. The van der Waals surface area contributed by atoms with Crippen LogP contribution in [-0.2, 0) is 0 Å². The molecule has 0 heteroatoms. The van der Waals surface area contributed by atoms with Crippen LogP contribution in [-0.4, -0.2) is 0 Å². The van der Waals surface area contributed by atoms with Crippen molar-refractivity contribution < 1.29 is 0 Å². The maximum Gasteiger partial charge on any atom is -0.0185 e. The predicted molar refractivity (Wildman–Crippen MR) is 57.2 cm³/mol. The average molecular weight is 168 g/mol. The lowest BCUT2D eigenvalue weighted by atomic mass is 9.81. The van der Waals surface area contributed by atoms with Crippen LogP contribution in [0.15, 0.2) is 12.2 Å². The fourth-order valence-corrected chi connectivity index (χ4v) is 2.14. The lowest BCUT2D eigenvalue weighted by molar-refractivity contribution is 0.332. The SMILES string of the molecule is C=C(C)C(CC)C(C)CC(C)C. The van der Waals surface area contributed by atoms with Crippen LogP contribution in [0.2, 0.25) is 0 Å². The first-order chi connectivity index (χ1) is 5.49. The molecular formula is C12H24. The second-order valence-electron chi connectivity index (χ2n) is 4.47. The Morgan fingerprint density at radius 3 is 2.00 bits per heavy atom. The van der Waals surface area contributed by atoms with Gasteiger partial charge in [0.2, 0.25) is 0 Å². The first-order valence-electron chi connectivity index (χ1n) is 5.14. The summed E-state index contributed by atoms with van der Waals surface area (Å²) < 4.78 is 0. The second kappa shape index (κ2) is 5.40. The smallest absolute Gasteiger partial charge is 0.0185 e. The molecule has 0 rings (SSSR count). The van der Waals surface area contributed by atoms with Crippen molar-refractivity contribution in [1.82, 2.24) is 0 Å². The molecule has 12 heavy (non-hydrogen) atoms. The summed E-state index contributed by atoms with van der Waals surface area (Å²) in [7, 11) is 0. The quantitative estimate of drug-likeness (QED) is 0.538. The lowest BCUT2D eigenvalue weighted by Gasteiger charge is -2.24. The molecule has 0 saturated heterocycles. The Bertz CT molecular complexity index is 133. The highest BCUT2D eigenvalue weighted by Crippen LogP contribution is 2.27.